The van der Waals surface area contributed by atoms with Gasteiger partial charge in [-0.25, -0.2) is 12.8 Å². The highest BCUT2D eigenvalue weighted by atomic mass is 35.5. The molecular weight excluding hydrogens is 463 g/mol. The lowest BCUT2D eigenvalue weighted by Gasteiger charge is -2.57. The van der Waals surface area contributed by atoms with E-state index in [1.807, 2.05) is 12.1 Å². The van der Waals surface area contributed by atoms with Gasteiger partial charge < -0.3 is 5.32 Å². The molecule has 2 aromatic carbocycles. The first-order valence-corrected chi connectivity index (χ1v) is 13.7. The van der Waals surface area contributed by atoms with Gasteiger partial charge in [0, 0.05) is 5.69 Å². The van der Waals surface area contributed by atoms with Crippen molar-refractivity contribution in [1.82, 2.24) is 0 Å². The Morgan fingerprint density at radius 1 is 1.06 bits per heavy atom. The van der Waals surface area contributed by atoms with Crippen molar-refractivity contribution >= 4 is 38.9 Å². The average Bonchev–Trinajstić information content (AvgIpc) is 2.73. The van der Waals surface area contributed by atoms with Gasteiger partial charge in [-0.05, 0) is 97.6 Å². The summed E-state index contributed by atoms with van der Waals surface area (Å²) in [5.41, 5.74) is 2.40. The monoisotopic (exact) mass is 490 g/mol. The van der Waals surface area contributed by atoms with Gasteiger partial charge in [0.15, 0.2) is 0 Å². The summed E-state index contributed by atoms with van der Waals surface area (Å²) in [7, 11) is -3.78. The molecule has 176 valence electrons. The van der Waals surface area contributed by atoms with Crippen LogP contribution in [0.15, 0.2) is 42.5 Å². The summed E-state index contributed by atoms with van der Waals surface area (Å²) in [4.78, 5) is 12.7. The largest absolute Gasteiger partial charge is 0.325 e. The molecule has 4 bridgehead atoms. The molecule has 0 aliphatic heterocycles. The van der Waals surface area contributed by atoms with E-state index in [0.29, 0.717) is 5.69 Å². The number of amides is 1. The molecule has 4 fully saturated rings. The van der Waals surface area contributed by atoms with Gasteiger partial charge >= 0.3 is 0 Å². The highest BCUT2D eigenvalue weighted by Gasteiger charge is 2.51. The van der Waals surface area contributed by atoms with E-state index in [4.69, 9.17) is 11.6 Å². The van der Waals surface area contributed by atoms with Crippen molar-refractivity contribution in [2.24, 2.45) is 17.8 Å². The minimum Gasteiger partial charge on any atom is -0.325 e. The number of rotatable bonds is 6. The third-order valence-electron chi connectivity index (χ3n) is 7.70. The first kappa shape index (κ1) is 22.7. The van der Waals surface area contributed by atoms with E-state index in [-0.39, 0.29) is 16.1 Å². The van der Waals surface area contributed by atoms with Crippen molar-refractivity contribution in [2.45, 2.75) is 43.9 Å². The van der Waals surface area contributed by atoms with E-state index in [0.717, 1.165) is 34.4 Å². The third-order valence-corrected chi connectivity index (χ3v) is 9.13. The van der Waals surface area contributed by atoms with Crippen LogP contribution in [0.4, 0.5) is 15.8 Å². The molecule has 0 aromatic heterocycles. The van der Waals surface area contributed by atoms with E-state index < -0.39 is 28.3 Å². The highest BCUT2D eigenvalue weighted by molar-refractivity contribution is 7.92. The molecule has 1 amide bonds. The maximum Gasteiger partial charge on any atom is 0.245 e. The van der Waals surface area contributed by atoms with Crippen molar-refractivity contribution in [3.05, 3.63) is 58.9 Å². The Bertz CT molecular complexity index is 1150. The Kier molecular flexibility index (Phi) is 5.68. The van der Waals surface area contributed by atoms with Crippen LogP contribution in [-0.4, -0.2) is 27.1 Å². The fourth-order valence-corrected chi connectivity index (χ4v) is 7.77. The zero-order chi connectivity index (χ0) is 23.4. The summed E-state index contributed by atoms with van der Waals surface area (Å²) in [5, 5.41) is 2.58. The first-order valence-electron chi connectivity index (χ1n) is 11.4. The molecular formula is C25H28ClFN2O3S. The van der Waals surface area contributed by atoms with Gasteiger partial charge in [0.1, 0.15) is 12.4 Å². The van der Waals surface area contributed by atoms with E-state index in [9.17, 15) is 17.6 Å². The topological polar surface area (TPSA) is 66.5 Å². The van der Waals surface area contributed by atoms with Crippen LogP contribution in [0.5, 0.6) is 0 Å². The number of nitrogens with one attached hydrogen (secondary N) is 1. The maximum absolute atomic E-state index is 13.5. The van der Waals surface area contributed by atoms with Crippen molar-refractivity contribution in [3.8, 4) is 0 Å². The van der Waals surface area contributed by atoms with E-state index >= 15 is 0 Å². The lowest BCUT2D eigenvalue weighted by molar-refractivity contribution is -0.114. The summed E-state index contributed by atoms with van der Waals surface area (Å²) in [6.45, 7) is -0.433. The quantitative estimate of drug-likeness (QED) is 0.593. The number of halogens is 2. The minimum absolute atomic E-state index is 0.135. The summed E-state index contributed by atoms with van der Waals surface area (Å²) in [6, 6.07) is 11.6. The number of benzene rings is 2. The Labute approximate surface area is 199 Å². The molecule has 4 aliphatic carbocycles. The third kappa shape index (κ3) is 4.50. The van der Waals surface area contributed by atoms with Gasteiger partial charge in [-0.15, -0.1) is 0 Å². The Morgan fingerprint density at radius 2 is 1.64 bits per heavy atom. The predicted molar refractivity (Wildman–Crippen MR) is 129 cm³/mol. The van der Waals surface area contributed by atoms with Crippen LogP contribution in [-0.2, 0) is 20.2 Å². The Morgan fingerprint density at radius 3 is 2.15 bits per heavy atom. The van der Waals surface area contributed by atoms with Crippen LogP contribution >= 0.6 is 11.6 Å². The number of hydrogen-bond acceptors (Lipinski definition) is 3. The molecule has 0 radical (unpaired) electrons. The second-order valence-corrected chi connectivity index (χ2v) is 12.5. The molecule has 0 heterocycles. The number of anilines is 2. The lowest BCUT2D eigenvalue weighted by Crippen LogP contribution is -2.48. The molecule has 0 saturated heterocycles. The van der Waals surface area contributed by atoms with Crippen molar-refractivity contribution in [2.75, 3.05) is 22.4 Å². The molecule has 33 heavy (non-hydrogen) atoms. The fourth-order valence-electron chi connectivity index (χ4n) is 6.74. The van der Waals surface area contributed by atoms with E-state index in [1.165, 1.54) is 56.2 Å². The molecule has 0 spiro atoms. The van der Waals surface area contributed by atoms with Gasteiger partial charge in [-0.1, -0.05) is 23.7 Å². The number of carbonyl (C=O) groups is 1. The maximum atomic E-state index is 13.5. The molecule has 2 aromatic rings. The van der Waals surface area contributed by atoms with Crippen LogP contribution < -0.4 is 9.62 Å². The normalized spacial score (nSPS) is 28.0. The van der Waals surface area contributed by atoms with Gasteiger partial charge in [0.25, 0.3) is 0 Å². The summed E-state index contributed by atoms with van der Waals surface area (Å²) < 4.78 is 39.0. The van der Waals surface area contributed by atoms with Gasteiger partial charge in [-0.2, -0.15) is 0 Å². The number of sulfonamides is 1. The summed E-state index contributed by atoms with van der Waals surface area (Å²) in [5.74, 6) is 1.44. The van der Waals surface area contributed by atoms with E-state index in [1.54, 1.807) is 0 Å². The molecule has 6 rings (SSSR count). The Hall–Kier alpha value is -2.12. The fraction of sp³-hybridized carbons (Fsp3) is 0.480. The zero-order valence-corrected chi connectivity index (χ0v) is 20.1. The van der Waals surface area contributed by atoms with Crippen LogP contribution in [0.25, 0.3) is 0 Å². The smallest absolute Gasteiger partial charge is 0.245 e. The molecule has 8 heteroatoms. The SMILES string of the molecule is CS(=O)(=O)N(CC(=O)Nc1ccc(C23CC4CC(CC(C4)C2)C3)cc1)c1ccc(F)c(Cl)c1. The molecule has 1 N–H and O–H groups in total. The summed E-state index contributed by atoms with van der Waals surface area (Å²) >= 11 is 5.80. The van der Waals surface area contributed by atoms with Gasteiger partial charge in [0.2, 0.25) is 15.9 Å². The van der Waals surface area contributed by atoms with Crippen LogP contribution in [0.1, 0.15) is 44.1 Å². The summed E-state index contributed by atoms with van der Waals surface area (Å²) in [6.07, 6.45) is 8.99. The number of hydrogen-bond donors (Lipinski definition) is 1. The molecule has 0 unspecified atom stereocenters. The predicted octanol–water partition coefficient (Wildman–Crippen LogP) is 5.35. The highest BCUT2D eigenvalue weighted by Crippen LogP contribution is 2.60. The van der Waals surface area contributed by atoms with Crippen LogP contribution in [0.3, 0.4) is 0 Å². The second kappa shape index (κ2) is 8.27. The number of nitrogens with zero attached hydrogens (tertiary/aromatic N) is 1. The van der Waals surface area contributed by atoms with Crippen molar-refractivity contribution < 1.29 is 17.6 Å². The van der Waals surface area contributed by atoms with Crippen molar-refractivity contribution in [3.63, 3.8) is 0 Å². The van der Waals surface area contributed by atoms with Gasteiger partial charge in [-0.3, -0.25) is 9.10 Å². The van der Waals surface area contributed by atoms with Crippen LogP contribution in [0, 0.1) is 23.6 Å². The standard InChI is InChI=1S/C25H28ClFN2O3S/c1-33(31,32)29(21-6-7-23(27)22(26)11-21)15-24(30)28-20-4-2-19(3-5-20)25-12-16-8-17(13-25)10-18(9-16)14-25/h2-7,11,16-18H,8-10,12-15H2,1H3,(H,28,30). The molecule has 5 nitrogen and oxygen atoms in total. The first-order chi connectivity index (χ1) is 15.6. The Balaban J connectivity index is 1.29. The molecule has 4 saturated carbocycles. The van der Waals surface area contributed by atoms with Gasteiger partial charge in [0.05, 0.1) is 17.0 Å². The zero-order valence-electron chi connectivity index (χ0n) is 18.6. The van der Waals surface area contributed by atoms with Crippen LogP contribution in [0.2, 0.25) is 5.02 Å². The molecule has 0 atom stereocenters. The second-order valence-electron chi connectivity index (χ2n) is 10.2. The van der Waals surface area contributed by atoms with Crippen molar-refractivity contribution in [1.29, 1.82) is 0 Å². The molecule has 4 aliphatic rings. The average molecular weight is 491 g/mol. The van der Waals surface area contributed by atoms with E-state index in [2.05, 4.69) is 17.4 Å². The minimum atomic E-state index is -3.78. The lowest BCUT2D eigenvalue weighted by atomic mass is 9.48. The number of carbonyl (C=O) groups excluding carboxylic acids is 1.